The molecule has 3 rings (SSSR count). The molecule has 7 heteroatoms. The standard InChI is InChI=1S/C22H35N3O3.HI/c1-2-23-22(24-16-19(26)15-18-7-4-3-5-8-18)25-12-10-20(11-13-25)28-17-21-9-6-14-27-21;/h3-5,7-8,19-21,26H,2,6,9-17H2,1H3,(H,23,24);1H. The smallest absolute Gasteiger partial charge is 0.194 e. The van der Waals surface area contributed by atoms with Gasteiger partial charge in [0.1, 0.15) is 0 Å². The van der Waals surface area contributed by atoms with Gasteiger partial charge < -0.3 is 24.8 Å². The molecule has 0 aliphatic carbocycles. The van der Waals surface area contributed by atoms with Crippen molar-refractivity contribution in [3.05, 3.63) is 35.9 Å². The molecule has 2 aliphatic heterocycles. The van der Waals surface area contributed by atoms with E-state index in [4.69, 9.17) is 9.47 Å². The maximum atomic E-state index is 10.3. The number of ether oxygens (including phenoxy) is 2. The highest BCUT2D eigenvalue weighted by atomic mass is 127. The Kier molecular flexibility index (Phi) is 11.3. The van der Waals surface area contributed by atoms with Gasteiger partial charge in [0.15, 0.2) is 5.96 Å². The van der Waals surface area contributed by atoms with Gasteiger partial charge in [-0.25, -0.2) is 0 Å². The van der Waals surface area contributed by atoms with E-state index >= 15 is 0 Å². The molecule has 2 unspecified atom stereocenters. The van der Waals surface area contributed by atoms with Crippen molar-refractivity contribution >= 4 is 29.9 Å². The van der Waals surface area contributed by atoms with E-state index in [-0.39, 0.29) is 24.0 Å². The molecule has 2 fully saturated rings. The van der Waals surface area contributed by atoms with E-state index in [9.17, 15) is 5.11 Å². The molecule has 0 spiro atoms. The lowest BCUT2D eigenvalue weighted by atomic mass is 10.1. The summed E-state index contributed by atoms with van der Waals surface area (Å²) in [7, 11) is 0. The van der Waals surface area contributed by atoms with Crippen LogP contribution in [0.5, 0.6) is 0 Å². The second-order valence-corrected chi connectivity index (χ2v) is 7.69. The number of aliphatic hydroxyl groups is 1. The minimum atomic E-state index is -0.469. The molecule has 29 heavy (non-hydrogen) atoms. The molecule has 1 aromatic carbocycles. The Morgan fingerprint density at radius 3 is 2.69 bits per heavy atom. The first kappa shape index (κ1) is 24.4. The maximum absolute atomic E-state index is 10.3. The van der Waals surface area contributed by atoms with Crippen LogP contribution in [0.3, 0.4) is 0 Å². The van der Waals surface area contributed by atoms with Crippen LogP contribution >= 0.6 is 24.0 Å². The van der Waals surface area contributed by atoms with Crippen molar-refractivity contribution in [2.24, 2.45) is 4.99 Å². The molecule has 0 saturated carbocycles. The zero-order chi connectivity index (χ0) is 19.6. The Hall–Kier alpha value is -0.900. The van der Waals surface area contributed by atoms with Crippen LogP contribution in [0.1, 0.15) is 38.2 Å². The number of guanidine groups is 1. The average molecular weight is 517 g/mol. The van der Waals surface area contributed by atoms with Crippen molar-refractivity contribution in [2.75, 3.05) is 39.4 Å². The van der Waals surface area contributed by atoms with Crippen LogP contribution in [0.25, 0.3) is 0 Å². The van der Waals surface area contributed by atoms with Crippen LogP contribution in [0.2, 0.25) is 0 Å². The first-order valence-electron chi connectivity index (χ1n) is 10.7. The average Bonchev–Trinajstić information content (AvgIpc) is 3.24. The van der Waals surface area contributed by atoms with Gasteiger partial charge in [-0.3, -0.25) is 4.99 Å². The first-order chi connectivity index (χ1) is 13.7. The minimum absolute atomic E-state index is 0. The fourth-order valence-electron chi connectivity index (χ4n) is 3.82. The monoisotopic (exact) mass is 517 g/mol. The predicted octanol–water partition coefficient (Wildman–Crippen LogP) is 2.83. The van der Waals surface area contributed by atoms with E-state index < -0.39 is 6.10 Å². The van der Waals surface area contributed by atoms with Gasteiger partial charge in [-0.15, -0.1) is 24.0 Å². The third kappa shape index (κ3) is 8.39. The molecule has 2 atom stereocenters. The Morgan fingerprint density at radius 1 is 1.28 bits per heavy atom. The van der Waals surface area contributed by atoms with Gasteiger partial charge in [-0.2, -0.15) is 0 Å². The van der Waals surface area contributed by atoms with Crippen LogP contribution in [0.15, 0.2) is 35.3 Å². The van der Waals surface area contributed by atoms with Crippen molar-refractivity contribution in [3.63, 3.8) is 0 Å². The molecule has 0 bridgehead atoms. The summed E-state index contributed by atoms with van der Waals surface area (Å²) in [5.74, 6) is 0.896. The number of likely N-dealkylation sites (tertiary alicyclic amines) is 1. The molecular formula is C22H36IN3O3. The summed E-state index contributed by atoms with van der Waals surface area (Å²) in [6, 6.07) is 10.1. The first-order valence-corrected chi connectivity index (χ1v) is 10.7. The van der Waals surface area contributed by atoms with Crippen molar-refractivity contribution < 1.29 is 14.6 Å². The fourth-order valence-corrected chi connectivity index (χ4v) is 3.82. The summed E-state index contributed by atoms with van der Waals surface area (Å²) in [5.41, 5.74) is 1.14. The summed E-state index contributed by atoms with van der Waals surface area (Å²) in [6.07, 6.45) is 5.06. The lowest BCUT2D eigenvalue weighted by Gasteiger charge is -2.34. The maximum Gasteiger partial charge on any atom is 0.194 e. The van der Waals surface area contributed by atoms with E-state index in [1.54, 1.807) is 0 Å². The molecule has 2 heterocycles. The van der Waals surface area contributed by atoms with E-state index in [1.807, 2.05) is 30.3 Å². The number of nitrogens with one attached hydrogen (secondary N) is 1. The lowest BCUT2D eigenvalue weighted by Crippen LogP contribution is -2.47. The predicted molar refractivity (Wildman–Crippen MR) is 127 cm³/mol. The van der Waals surface area contributed by atoms with Crippen LogP contribution in [-0.4, -0.2) is 73.7 Å². The molecule has 2 saturated heterocycles. The van der Waals surface area contributed by atoms with Gasteiger partial charge in [0.2, 0.25) is 0 Å². The highest BCUT2D eigenvalue weighted by Gasteiger charge is 2.24. The van der Waals surface area contributed by atoms with Crippen molar-refractivity contribution in [3.8, 4) is 0 Å². The summed E-state index contributed by atoms with van der Waals surface area (Å²) >= 11 is 0. The Morgan fingerprint density at radius 2 is 2.03 bits per heavy atom. The third-order valence-electron chi connectivity index (χ3n) is 5.38. The van der Waals surface area contributed by atoms with Crippen LogP contribution in [0, 0.1) is 0 Å². The van der Waals surface area contributed by atoms with Gasteiger partial charge >= 0.3 is 0 Å². The number of nitrogens with zero attached hydrogens (tertiary/aromatic N) is 2. The van der Waals surface area contributed by atoms with Crippen molar-refractivity contribution in [1.29, 1.82) is 0 Å². The molecule has 6 nitrogen and oxygen atoms in total. The number of benzene rings is 1. The molecule has 2 aliphatic rings. The van der Waals surface area contributed by atoms with Gasteiger partial charge in [0.25, 0.3) is 0 Å². The number of halogens is 1. The van der Waals surface area contributed by atoms with Crippen LogP contribution in [0.4, 0.5) is 0 Å². The second-order valence-electron chi connectivity index (χ2n) is 7.69. The Bertz CT molecular complexity index is 588. The number of aliphatic hydroxyl groups excluding tert-OH is 1. The van der Waals surface area contributed by atoms with Crippen molar-refractivity contribution in [1.82, 2.24) is 10.2 Å². The Balaban J connectivity index is 0.00000300. The molecule has 0 amide bonds. The summed E-state index contributed by atoms with van der Waals surface area (Å²) in [5, 5.41) is 13.7. The molecule has 1 aromatic rings. The number of rotatable bonds is 8. The third-order valence-corrected chi connectivity index (χ3v) is 5.38. The summed E-state index contributed by atoms with van der Waals surface area (Å²) in [4.78, 5) is 6.97. The van der Waals surface area contributed by atoms with E-state index in [2.05, 4.69) is 22.1 Å². The topological polar surface area (TPSA) is 66.3 Å². The van der Waals surface area contributed by atoms with E-state index in [1.165, 1.54) is 0 Å². The molecule has 0 aromatic heterocycles. The quantitative estimate of drug-likeness (QED) is 0.316. The highest BCUT2D eigenvalue weighted by molar-refractivity contribution is 14.0. The normalized spacial score (nSPS) is 21.7. The number of piperidine rings is 1. The SMILES string of the molecule is CCNC(=NCC(O)Cc1ccccc1)N1CCC(OCC2CCCO2)CC1.I. The largest absolute Gasteiger partial charge is 0.391 e. The molecular weight excluding hydrogens is 481 g/mol. The molecule has 2 N–H and O–H groups in total. The fraction of sp³-hybridized carbons (Fsp3) is 0.682. The van der Waals surface area contributed by atoms with E-state index in [0.29, 0.717) is 25.2 Å². The van der Waals surface area contributed by atoms with Crippen LogP contribution < -0.4 is 5.32 Å². The summed E-state index contributed by atoms with van der Waals surface area (Å²) in [6.45, 7) is 6.77. The second kappa shape index (κ2) is 13.4. The van der Waals surface area contributed by atoms with Gasteiger partial charge in [-0.1, -0.05) is 30.3 Å². The zero-order valence-electron chi connectivity index (χ0n) is 17.5. The Labute approximate surface area is 192 Å². The van der Waals surface area contributed by atoms with Gasteiger partial charge in [0.05, 0.1) is 31.5 Å². The highest BCUT2D eigenvalue weighted by Crippen LogP contribution is 2.18. The molecule has 164 valence electrons. The van der Waals surface area contributed by atoms with Gasteiger partial charge in [-0.05, 0) is 38.2 Å². The zero-order valence-corrected chi connectivity index (χ0v) is 19.8. The van der Waals surface area contributed by atoms with Crippen LogP contribution in [-0.2, 0) is 15.9 Å². The molecule has 0 radical (unpaired) electrons. The van der Waals surface area contributed by atoms with E-state index in [0.717, 1.165) is 70.1 Å². The lowest BCUT2D eigenvalue weighted by molar-refractivity contribution is -0.0367. The number of aliphatic imine (C=N–C) groups is 1. The number of hydrogen-bond acceptors (Lipinski definition) is 4. The van der Waals surface area contributed by atoms with Crippen molar-refractivity contribution in [2.45, 2.75) is 57.3 Å². The number of hydrogen-bond donors (Lipinski definition) is 2. The van der Waals surface area contributed by atoms with Gasteiger partial charge in [0, 0.05) is 32.7 Å². The minimum Gasteiger partial charge on any atom is -0.391 e. The summed E-state index contributed by atoms with van der Waals surface area (Å²) < 4.78 is 11.7.